The molecule has 1 aromatic carbocycles. The number of aromatic nitrogens is 1. The van der Waals surface area contributed by atoms with Crippen molar-refractivity contribution in [2.75, 3.05) is 13.7 Å². The van der Waals surface area contributed by atoms with E-state index in [2.05, 4.69) is 17.1 Å². The van der Waals surface area contributed by atoms with Gasteiger partial charge in [0.15, 0.2) is 5.78 Å². The second-order valence-electron chi connectivity index (χ2n) is 6.61. The number of aliphatic carboxylic acids is 1. The van der Waals surface area contributed by atoms with Gasteiger partial charge in [-0.1, -0.05) is 24.3 Å². The number of benzene rings is 1. The number of hydrogen-bond acceptors (Lipinski definition) is 5. The normalized spacial score (nSPS) is 10.8. The Morgan fingerprint density at radius 3 is 2.52 bits per heavy atom. The van der Waals surface area contributed by atoms with E-state index < -0.39 is 5.97 Å². The third kappa shape index (κ3) is 7.78. The minimum Gasteiger partial charge on any atom is -0.497 e. The molecule has 0 radical (unpaired) electrons. The molecular weight excluding hydrogens is 370 g/mol. The van der Waals surface area contributed by atoms with E-state index in [1.807, 2.05) is 24.3 Å². The van der Waals surface area contributed by atoms with Gasteiger partial charge in [0.2, 0.25) is 0 Å². The number of allylic oxidation sites excluding steroid dienone is 1. The van der Waals surface area contributed by atoms with Gasteiger partial charge >= 0.3 is 5.97 Å². The fourth-order valence-corrected chi connectivity index (χ4v) is 2.70. The van der Waals surface area contributed by atoms with Crippen LogP contribution in [0, 0.1) is 0 Å². The number of rotatable bonds is 12. The second-order valence-corrected chi connectivity index (χ2v) is 6.61. The minimum atomic E-state index is -0.908. The molecule has 0 bridgehead atoms. The summed E-state index contributed by atoms with van der Waals surface area (Å²) in [5, 5.41) is 8.90. The lowest BCUT2D eigenvalue weighted by atomic mass is 10.1. The highest BCUT2D eigenvalue weighted by molar-refractivity contribution is 5.92. The first-order valence-corrected chi connectivity index (χ1v) is 9.65. The van der Waals surface area contributed by atoms with Crippen LogP contribution >= 0.6 is 0 Å². The molecule has 154 valence electrons. The number of nitrogens with zero attached hydrogens (tertiary/aromatic N) is 1. The van der Waals surface area contributed by atoms with E-state index in [0.29, 0.717) is 23.7 Å². The summed E-state index contributed by atoms with van der Waals surface area (Å²) in [6.07, 6.45) is 7.15. The maximum Gasteiger partial charge on any atom is 0.303 e. The number of carbonyl (C=O) groups is 2. The van der Waals surface area contributed by atoms with Gasteiger partial charge in [0.1, 0.15) is 17.2 Å². The molecule has 6 nitrogen and oxygen atoms in total. The van der Waals surface area contributed by atoms with Crippen LogP contribution in [0.2, 0.25) is 0 Å². The van der Waals surface area contributed by atoms with Crippen molar-refractivity contribution in [2.24, 2.45) is 0 Å². The Kier molecular flexibility index (Phi) is 8.89. The van der Waals surface area contributed by atoms with Gasteiger partial charge in [0, 0.05) is 13.3 Å². The molecule has 2 aromatic rings. The highest BCUT2D eigenvalue weighted by Gasteiger charge is 2.11. The Balaban J connectivity index is 1.79. The summed E-state index contributed by atoms with van der Waals surface area (Å²) in [7, 11) is 1.65. The monoisotopic (exact) mass is 397 g/mol. The smallest absolute Gasteiger partial charge is 0.303 e. The first-order valence-electron chi connectivity index (χ1n) is 9.65. The quantitative estimate of drug-likeness (QED) is 0.417. The molecule has 0 unspecified atom stereocenters. The number of ketones is 1. The Labute approximate surface area is 171 Å². The molecule has 0 aliphatic heterocycles. The zero-order valence-corrected chi connectivity index (χ0v) is 16.9. The number of Topliss-reactive ketones (excluding diaryl/α,β-unsaturated/α-hetero) is 1. The SMILES string of the molecule is COc1ccc(/C=C/CCCCOc2ccc(C(C)=O)nc2CCC(=O)O)cc1. The summed E-state index contributed by atoms with van der Waals surface area (Å²) in [6.45, 7) is 1.95. The highest BCUT2D eigenvalue weighted by atomic mass is 16.5. The van der Waals surface area contributed by atoms with E-state index in [0.717, 1.165) is 30.6 Å². The molecule has 0 amide bonds. The van der Waals surface area contributed by atoms with E-state index in [9.17, 15) is 9.59 Å². The van der Waals surface area contributed by atoms with Crippen molar-refractivity contribution in [2.45, 2.75) is 39.0 Å². The largest absolute Gasteiger partial charge is 0.497 e. The van der Waals surface area contributed by atoms with Crippen molar-refractivity contribution in [3.63, 3.8) is 0 Å². The molecule has 0 saturated heterocycles. The number of carboxylic acids is 1. The van der Waals surface area contributed by atoms with Crippen molar-refractivity contribution in [1.29, 1.82) is 0 Å². The molecule has 2 rings (SSSR count). The number of unbranched alkanes of at least 4 members (excludes halogenated alkanes) is 2. The van der Waals surface area contributed by atoms with E-state index in [4.69, 9.17) is 14.6 Å². The standard InChI is InChI=1S/C23H27NO5/c1-17(25)20-12-14-22(21(24-20)13-15-23(26)27)29-16-6-4-3-5-7-18-8-10-19(28-2)11-9-18/h5,7-12,14H,3-4,6,13,15-16H2,1-2H3,(H,26,27)/b7-5+. The van der Waals surface area contributed by atoms with Crippen LogP contribution in [0.25, 0.3) is 6.08 Å². The molecule has 1 heterocycles. The third-order valence-electron chi connectivity index (χ3n) is 4.32. The summed E-state index contributed by atoms with van der Waals surface area (Å²) in [5.74, 6) is 0.323. The summed E-state index contributed by atoms with van der Waals surface area (Å²) in [4.78, 5) is 26.6. The van der Waals surface area contributed by atoms with E-state index in [1.54, 1.807) is 19.2 Å². The Hall–Kier alpha value is -3.15. The summed E-state index contributed by atoms with van der Waals surface area (Å²) < 4.78 is 10.9. The summed E-state index contributed by atoms with van der Waals surface area (Å²) >= 11 is 0. The van der Waals surface area contributed by atoms with Crippen LogP contribution in [-0.4, -0.2) is 35.6 Å². The van der Waals surface area contributed by atoms with Gasteiger partial charge in [-0.3, -0.25) is 9.59 Å². The van der Waals surface area contributed by atoms with Gasteiger partial charge in [-0.2, -0.15) is 0 Å². The minimum absolute atomic E-state index is 0.0547. The van der Waals surface area contributed by atoms with Gasteiger partial charge < -0.3 is 14.6 Å². The first kappa shape index (κ1) is 22.1. The molecule has 29 heavy (non-hydrogen) atoms. The van der Waals surface area contributed by atoms with Crippen molar-refractivity contribution in [1.82, 2.24) is 4.98 Å². The molecule has 0 aliphatic rings. The fourth-order valence-electron chi connectivity index (χ4n) is 2.70. The molecule has 0 atom stereocenters. The lowest BCUT2D eigenvalue weighted by Crippen LogP contribution is -2.07. The first-order chi connectivity index (χ1) is 14.0. The lowest BCUT2D eigenvalue weighted by molar-refractivity contribution is -0.136. The van der Waals surface area contributed by atoms with Crippen LogP contribution < -0.4 is 9.47 Å². The average Bonchev–Trinajstić information content (AvgIpc) is 2.72. The highest BCUT2D eigenvalue weighted by Crippen LogP contribution is 2.20. The van der Waals surface area contributed by atoms with Crippen molar-refractivity contribution in [3.05, 3.63) is 59.4 Å². The van der Waals surface area contributed by atoms with E-state index in [1.165, 1.54) is 6.92 Å². The topological polar surface area (TPSA) is 85.7 Å². The predicted molar refractivity (Wildman–Crippen MR) is 112 cm³/mol. The van der Waals surface area contributed by atoms with E-state index >= 15 is 0 Å². The predicted octanol–water partition coefficient (Wildman–Crippen LogP) is 4.57. The molecule has 0 fully saturated rings. The third-order valence-corrected chi connectivity index (χ3v) is 4.32. The maximum absolute atomic E-state index is 11.5. The van der Waals surface area contributed by atoms with Crippen LogP contribution in [-0.2, 0) is 11.2 Å². The van der Waals surface area contributed by atoms with Gasteiger partial charge in [-0.05, 0) is 49.1 Å². The molecule has 1 N–H and O–H groups in total. The molecule has 0 aliphatic carbocycles. The summed E-state index contributed by atoms with van der Waals surface area (Å²) in [6, 6.07) is 11.2. The van der Waals surface area contributed by atoms with Crippen LogP contribution in [0.3, 0.4) is 0 Å². The number of methoxy groups -OCH3 is 1. The van der Waals surface area contributed by atoms with Crippen LogP contribution in [0.4, 0.5) is 0 Å². The number of carboxylic acid groups (broad SMARTS) is 1. The van der Waals surface area contributed by atoms with Crippen molar-refractivity contribution in [3.8, 4) is 11.5 Å². The number of ether oxygens (including phenoxy) is 2. The molecule has 0 spiro atoms. The van der Waals surface area contributed by atoms with Crippen molar-refractivity contribution < 1.29 is 24.2 Å². The average molecular weight is 397 g/mol. The van der Waals surface area contributed by atoms with Crippen LogP contribution in [0.5, 0.6) is 11.5 Å². The van der Waals surface area contributed by atoms with Gasteiger partial charge in [0.05, 0.1) is 25.8 Å². The van der Waals surface area contributed by atoms with Gasteiger partial charge in [-0.15, -0.1) is 0 Å². The maximum atomic E-state index is 11.5. The second kappa shape index (κ2) is 11.6. The Bertz CT molecular complexity index is 843. The Morgan fingerprint density at radius 2 is 1.86 bits per heavy atom. The lowest BCUT2D eigenvalue weighted by Gasteiger charge is -2.11. The van der Waals surface area contributed by atoms with Crippen LogP contribution in [0.1, 0.15) is 54.4 Å². The number of carbonyl (C=O) groups excluding carboxylic acids is 1. The zero-order valence-electron chi connectivity index (χ0n) is 16.9. The van der Waals surface area contributed by atoms with Crippen LogP contribution in [0.15, 0.2) is 42.5 Å². The van der Waals surface area contributed by atoms with Gasteiger partial charge in [0.25, 0.3) is 0 Å². The molecular formula is C23H27NO5. The Morgan fingerprint density at radius 1 is 1.10 bits per heavy atom. The van der Waals surface area contributed by atoms with Crippen molar-refractivity contribution >= 4 is 17.8 Å². The van der Waals surface area contributed by atoms with E-state index in [-0.39, 0.29) is 18.6 Å². The molecule has 0 saturated carbocycles. The fraction of sp³-hybridized carbons (Fsp3) is 0.348. The number of aryl methyl sites for hydroxylation is 1. The molecule has 1 aromatic heterocycles. The number of hydrogen-bond donors (Lipinski definition) is 1. The molecule has 6 heteroatoms. The van der Waals surface area contributed by atoms with Gasteiger partial charge in [-0.25, -0.2) is 4.98 Å². The number of pyridine rings is 1. The zero-order chi connectivity index (χ0) is 21.1. The summed E-state index contributed by atoms with van der Waals surface area (Å²) in [5.41, 5.74) is 1.96.